The van der Waals surface area contributed by atoms with E-state index >= 15 is 0 Å². The van der Waals surface area contributed by atoms with Crippen LogP contribution in [0.15, 0.2) is 66.7 Å². The van der Waals surface area contributed by atoms with E-state index in [1.165, 1.54) is 34.4 Å². The zero-order chi connectivity index (χ0) is 25.5. The van der Waals surface area contributed by atoms with E-state index in [4.69, 9.17) is 10.00 Å². The van der Waals surface area contributed by atoms with E-state index in [-0.39, 0.29) is 53.5 Å². The Bertz CT molecular complexity index is 1370. The van der Waals surface area contributed by atoms with Crippen molar-refractivity contribution in [3.05, 3.63) is 94.8 Å². The molecular formula is C31H27FN2O3. The van der Waals surface area contributed by atoms with Gasteiger partial charge in [0.25, 0.3) is 0 Å². The molecule has 5 nitrogen and oxygen atoms in total. The van der Waals surface area contributed by atoms with Gasteiger partial charge in [-0.2, -0.15) is 5.26 Å². The average Bonchev–Trinajstić information content (AvgIpc) is 3.24. The first-order valence-electron chi connectivity index (χ1n) is 12.9. The average molecular weight is 495 g/mol. The highest BCUT2D eigenvalue weighted by Crippen LogP contribution is 2.45. The number of hydrogen-bond acceptors (Lipinski definition) is 4. The number of halogens is 1. The van der Waals surface area contributed by atoms with E-state index in [1.807, 2.05) is 35.2 Å². The Hall–Kier alpha value is -3.98. The van der Waals surface area contributed by atoms with Crippen LogP contribution in [-0.2, 0) is 4.74 Å². The Morgan fingerprint density at radius 1 is 0.946 bits per heavy atom. The van der Waals surface area contributed by atoms with Gasteiger partial charge in [-0.3, -0.25) is 4.79 Å². The van der Waals surface area contributed by atoms with Crippen LogP contribution in [0.2, 0.25) is 0 Å². The zero-order valence-corrected chi connectivity index (χ0v) is 20.4. The molecule has 2 aliphatic heterocycles. The summed E-state index contributed by atoms with van der Waals surface area (Å²) in [6.45, 7) is 0.265. The maximum absolute atomic E-state index is 14.5. The molecule has 2 bridgehead atoms. The van der Waals surface area contributed by atoms with Crippen molar-refractivity contribution in [3.8, 4) is 17.2 Å². The number of nitriles is 1. The lowest BCUT2D eigenvalue weighted by atomic mass is 9.75. The van der Waals surface area contributed by atoms with Gasteiger partial charge in [0.1, 0.15) is 12.4 Å². The van der Waals surface area contributed by atoms with Gasteiger partial charge in [0.05, 0.1) is 17.2 Å². The molecule has 0 radical (unpaired) electrons. The third kappa shape index (κ3) is 4.09. The molecule has 3 aromatic rings. The lowest BCUT2D eigenvalue weighted by molar-refractivity contribution is 0.00642. The molecule has 0 saturated carbocycles. The predicted octanol–water partition coefficient (Wildman–Crippen LogP) is 6.46. The Morgan fingerprint density at radius 2 is 1.57 bits per heavy atom. The Kier molecular flexibility index (Phi) is 6.00. The summed E-state index contributed by atoms with van der Waals surface area (Å²) in [5.41, 5.74) is 4.93. The van der Waals surface area contributed by atoms with Gasteiger partial charge in [-0.1, -0.05) is 48.5 Å². The molecule has 2 atom stereocenters. The van der Waals surface area contributed by atoms with E-state index in [1.54, 1.807) is 0 Å². The number of carbonyl (C=O) groups excluding carboxylic acids is 2. The van der Waals surface area contributed by atoms with Crippen molar-refractivity contribution >= 4 is 11.9 Å². The number of nitrogens with zero attached hydrogens (tertiary/aromatic N) is 2. The molecule has 2 fully saturated rings. The predicted molar refractivity (Wildman–Crippen MR) is 137 cm³/mol. The monoisotopic (exact) mass is 494 g/mol. The first-order chi connectivity index (χ1) is 18.0. The number of Topliss-reactive ketones (excluding diaryl/α,β-unsaturated/α-hetero) is 1. The molecule has 1 aliphatic carbocycles. The minimum Gasteiger partial charge on any atom is -0.448 e. The van der Waals surface area contributed by atoms with Crippen LogP contribution >= 0.6 is 0 Å². The topological polar surface area (TPSA) is 70.4 Å². The van der Waals surface area contributed by atoms with Gasteiger partial charge in [0.15, 0.2) is 5.78 Å². The number of hydrogen-bond donors (Lipinski definition) is 0. The van der Waals surface area contributed by atoms with E-state index in [0.717, 1.165) is 25.3 Å². The number of rotatable bonds is 4. The van der Waals surface area contributed by atoms with Crippen LogP contribution in [-0.4, -0.2) is 35.5 Å². The van der Waals surface area contributed by atoms with Crippen LogP contribution in [0, 0.1) is 23.1 Å². The Labute approximate surface area is 215 Å². The van der Waals surface area contributed by atoms with Crippen LogP contribution in [0.4, 0.5) is 9.18 Å². The van der Waals surface area contributed by atoms with Crippen molar-refractivity contribution in [2.75, 3.05) is 6.61 Å². The van der Waals surface area contributed by atoms with Crippen molar-refractivity contribution in [2.45, 2.75) is 50.1 Å². The SMILES string of the molecule is N#Cc1ccc(C(=O)C2CC3CCCC(C2)N3C(=O)OCC2c3ccccc3-c3ccccc32)c(F)c1. The zero-order valence-electron chi connectivity index (χ0n) is 20.4. The van der Waals surface area contributed by atoms with Crippen molar-refractivity contribution in [3.63, 3.8) is 0 Å². The summed E-state index contributed by atoms with van der Waals surface area (Å²) < 4.78 is 20.5. The summed E-state index contributed by atoms with van der Waals surface area (Å²) in [6.07, 6.45) is 3.28. The van der Waals surface area contributed by atoms with E-state index in [9.17, 15) is 14.0 Å². The largest absolute Gasteiger partial charge is 0.448 e. The van der Waals surface area contributed by atoms with E-state index in [2.05, 4.69) is 24.3 Å². The number of ether oxygens (including phenoxy) is 1. The fourth-order valence-corrected chi connectivity index (χ4v) is 6.57. The molecular weight excluding hydrogens is 467 g/mol. The number of piperidine rings is 2. The van der Waals surface area contributed by atoms with Crippen LogP contribution in [0.5, 0.6) is 0 Å². The summed E-state index contributed by atoms with van der Waals surface area (Å²) in [5.74, 6) is -1.26. The Balaban J connectivity index is 1.16. The fraction of sp³-hybridized carbons (Fsp3) is 0.323. The van der Waals surface area contributed by atoms with Crippen LogP contribution in [0.25, 0.3) is 11.1 Å². The van der Waals surface area contributed by atoms with Crippen molar-refractivity contribution < 1.29 is 18.7 Å². The van der Waals surface area contributed by atoms with Crippen LogP contribution in [0.1, 0.15) is 65.1 Å². The van der Waals surface area contributed by atoms with E-state index < -0.39 is 5.82 Å². The van der Waals surface area contributed by atoms with Gasteiger partial charge in [-0.05, 0) is 72.6 Å². The maximum Gasteiger partial charge on any atom is 0.410 e. The van der Waals surface area contributed by atoms with Gasteiger partial charge in [0.2, 0.25) is 0 Å². The minimum absolute atomic E-state index is 0.00494. The quantitative estimate of drug-likeness (QED) is 0.390. The molecule has 6 rings (SSSR count). The highest BCUT2D eigenvalue weighted by Gasteiger charge is 2.44. The maximum atomic E-state index is 14.5. The van der Waals surface area contributed by atoms with E-state index in [0.29, 0.717) is 12.8 Å². The molecule has 0 N–H and O–H groups in total. The number of fused-ring (bicyclic) bond motifs is 5. The molecule has 186 valence electrons. The molecule has 0 aromatic heterocycles. The second kappa shape index (κ2) is 9.48. The highest BCUT2D eigenvalue weighted by molar-refractivity contribution is 5.98. The Morgan fingerprint density at radius 3 is 2.16 bits per heavy atom. The molecule has 2 saturated heterocycles. The minimum atomic E-state index is -0.659. The van der Waals surface area contributed by atoms with Crippen molar-refractivity contribution in [2.24, 2.45) is 5.92 Å². The molecule has 3 aliphatic rings. The molecule has 1 amide bonds. The first kappa shape index (κ1) is 23.4. The molecule has 3 aromatic carbocycles. The summed E-state index contributed by atoms with van der Waals surface area (Å²) >= 11 is 0. The van der Waals surface area contributed by atoms with Gasteiger partial charge in [-0.25, -0.2) is 9.18 Å². The summed E-state index contributed by atoms with van der Waals surface area (Å²) in [5, 5.41) is 8.99. The second-order valence-electron chi connectivity index (χ2n) is 10.3. The lowest BCUT2D eigenvalue weighted by Gasteiger charge is -2.47. The standard InChI is InChI=1S/C31H27FN2O3/c32-29-14-19(17-33)12-13-27(29)30(35)20-15-21-6-5-7-22(16-20)34(21)31(36)37-18-28-25-10-3-1-8-23(25)24-9-2-4-11-26(24)28/h1-4,8-14,20-22,28H,5-7,15-16,18H2. The number of amides is 1. The van der Waals surface area contributed by atoms with Gasteiger partial charge >= 0.3 is 6.09 Å². The van der Waals surface area contributed by atoms with Gasteiger partial charge in [0, 0.05) is 23.9 Å². The highest BCUT2D eigenvalue weighted by atomic mass is 19.1. The third-order valence-corrected chi connectivity index (χ3v) is 8.26. The van der Waals surface area contributed by atoms with Crippen LogP contribution in [0.3, 0.4) is 0 Å². The van der Waals surface area contributed by atoms with Crippen molar-refractivity contribution in [1.82, 2.24) is 4.90 Å². The molecule has 37 heavy (non-hydrogen) atoms. The molecule has 6 heteroatoms. The second-order valence-corrected chi connectivity index (χ2v) is 10.3. The molecule has 0 spiro atoms. The molecule has 2 unspecified atom stereocenters. The van der Waals surface area contributed by atoms with Gasteiger partial charge in [-0.15, -0.1) is 0 Å². The third-order valence-electron chi connectivity index (χ3n) is 8.26. The van der Waals surface area contributed by atoms with Gasteiger partial charge < -0.3 is 9.64 Å². The van der Waals surface area contributed by atoms with Crippen LogP contribution < -0.4 is 0 Å². The van der Waals surface area contributed by atoms with Crippen molar-refractivity contribution in [1.29, 1.82) is 5.26 Å². The summed E-state index contributed by atoms with van der Waals surface area (Å²) in [4.78, 5) is 28.4. The summed E-state index contributed by atoms with van der Waals surface area (Å²) in [6, 6.07) is 22.2. The lowest BCUT2D eigenvalue weighted by Crippen LogP contribution is -2.56. The normalized spacial score (nSPS) is 22.1. The smallest absolute Gasteiger partial charge is 0.410 e. The summed E-state index contributed by atoms with van der Waals surface area (Å²) in [7, 11) is 0. The fourth-order valence-electron chi connectivity index (χ4n) is 6.57. The first-order valence-corrected chi connectivity index (χ1v) is 12.9. The number of carbonyl (C=O) groups is 2. The number of benzene rings is 3. The molecule has 2 heterocycles. The number of ketones is 1.